The molecule has 0 aliphatic carbocycles. The summed E-state index contributed by atoms with van der Waals surface area (Å²) in [5.74, 6) is 0. The van der Waals surface area contributed by atoms with Gasteiger partial charge < -0.3 is 0 Å². The molecule has 0 N–H and O–H groups in total. The highest BCUT2D eigenvalue weighted by atomic mass is 79.9. The molecule has 1 rings (SSSR count). The molecule has 0 atom stereocenters. The molecule has 10 heavy (non-hydrogen) atoms. The highest BCUT2D eigenvalue weighted by Gasteiger charge is 2.10. The van der Waals surface area contributed by atoms with Crippen molar-refractivity contribution in [2.45, 2.75) is 4.21 Å². The first-order valence-corrected chi connectivity index (χ1v) is 7.14. The van der Waals surface area contributed by atoms with Crippen LogP contribution in [-0.4, -0.2) is 8.42 Å². The van der Waals surface area contributed by atoms with Crippen molar-refractivity contribution >= 4 is 50.4 Å². The van der Waals surface area contributed by atoms with Gasteiger partial charge in [0.15, 0.2) is 0 Å². The van der Waals surface area contributed by atoms with Gasteiger partial charge in [-0.05, 0) is 28.1 Å². The number of halogens is 2. The first-order valence-electron chi connectivity index (χ1n) is 2.20. The van der Waals surface area contributed by atoms with Gasteiger partial charge in [0.05, 0.1) is 18.6 Å². The van der Waals surface area contributed by atoms with E-state index in [2.05, 4.69) is 30.7 Å². The summed E-state index contributed by atoms with van der Waals surface area (Å²) in [5, 5.41) is 0. The second-order valence-electron chi connectivity index (χ2n) is 1.50. The van der Waals surface area contributed by atoms with Gasteiger partial charge >= 0.3 is 0 Å². The first-order chi connectivity index (χ1) is 4.50. The molecule has 0 fully saturated rings. The Morgan fingerprint density at radius 3 is 2.20 bits per heavy atom. The Balaban J connectivity index is 3.21. The summed E-state index contributed by atoms with van der Waals surface area (Å²) in [4.78, 5) is 0. The van der Waals surface area contributed by atoms with Crippen molar-refractivity contribution in [3.8, 4) is 0 Å². The molecule has 0 aliphatic heterocycles. The fraction of sp³-hybridized carbons (Fsp3) is 0. The molecule has 1 heterocycles. The van der Waals surface area contributed by atoms with E-state index in [0.29, 0.717) is 4.21 Å². The molecule has 56 valence electrons. The topological polar surface area (TPSA) is 34.1 Å². The predicted molar refractivity (Wildman–Crippen MR) is 48.1 cm³/mol. The van der Waals surface area contributed by atoms with Gasteiger partial charge in [-0.25, -0.2) is 8.42 Å². The lowest BCUT2D eigenvalue weighted by atomic mass is 10.7. The lowest BCUT2D eigenvalue weighted by Gasteiger charge is -1.84. The molecule has 0 amide bonds. The SMILES string of the molecule is O=S(=O)(Br)c1ccc(Br)s1. The van der Waals surface area contributed by atoms with Crippen molar-refractivity contribution in [1.82, 2.24) is 0 Å². The molecule has 2 nitrogen and oxygen atoms in total. The Labute approximate surface area is 78.5 Å². The Kier molecular flexibility index (Phi) is 2.54. The lowest BCUT2D eigenvalue weighted by Crippen LogP contribution is -1.81. The second kappa shape index (κ2) is 2.92. The van der Waals surface area contributed by atoms with E-state index in [4.69, 9.17) is 0 Å². The Morgan fingerprint density at radius 2 is 2.00 bits per heavy atom. The van der Waals surface area contributed by atoms with Crippen molar-refractivity contribution in [3.05, 3.63) is 15.9 Å². The number of thiophene rings is 1. The molecule has 1 aromatic heterocycles. The summed E-state index contributed by atoms with van der Waals surface area (Å²) < 4.78 is 22.6. The van der Waals surface area contributed by atoms with Crippen LogP contribution in [0.25, 0.3) is 0 Å². The summed E-state index contributed by atoms with van der Waals surface area (Å²) in [7, 11) is -3.18. The number of hydrogen-bond donors (Lipinski definition) is 0. The van der Waals surface area contributed by atoms with Gasteiger partial charge in [-0.1, -0.05) is 0 Å². The third-order valence-corrected chi connectivity index (χ3v) is 5.42. The molecule has 0 saturated heterocycles. The maximum absolute atomic E-state index is 10.8. The van der Waals surface area contributed by atoms with Crippen LogP contribution in [0.4, 0.5) is 0 Å². The van der Waals surface area contributed by atoms with E-state index in [-0.39, 0.29) is 0 Å². The van der Waals surface area contributed by atoms with Gasteiger partial charge in [-0.2, -0.15) is 0 Å². The van der Waals surface area contributed by atoms with E-state index in [1.54, 1.807) is 12.1 Å². The minimum Gasteiger partial charge on any atom is -0.211 e. The van der Waals surface area contributed by atoms with Crippen molar-refractivity contribution in [3.63, 3.8) is 0 Å². The van der Waals surface area contributed by atoms with Gasteiger partial charge in [0.1, 0.15) is 4.21 Å². The summed E-state index contributed by atoms with van der Waals surface area (Å²) in [5.41, 5.74) is 0. The molecular formula is C4H2Br2O2S2. The second-order valence-corrected chi connectivity index (χ2v) is 8.09. The smallest absolute Gasteiger partial charge is 0.211 e. The lowest BCUT2D eigenvalue weighted by molar-refractivity contribution is 0.613. The highest BCUT2D eigenvalue weighted by molar-refractivity contribution is 9.47. The zero-order valence-electron chi connectivity index (χ0n) is 4.54. The zero-order valence-corrected chi connectivity index (χ0v) is 9.35. The van der Waals surface area contributed by atoms with E-state index >= 15 is 0 Å². The fourth-order valence-electron chi connectivity index (χ4n) is 0.429. The maximum Gasteiger partial charge on any atom is 0.246 e. The summed E-state index contributed by atoms with van der Waals surface area (Å²) in [6.45, 7) is 0. The highest BCUT2D eigenvalue weighted by Crippen LogP contribution is 2.28. The Hall–Kier alpha value is 0.610. The maximum atomic E-state index is 10.8. The van der Waals surface area contributed by atoms with E-state index in [1.807, 2.05) is 0 Å². The largest absolute Gasteiger partial charge is 0.246 e. The van der Waals surface area contributed by atoms with Crippen LogP contribution in [0.15, 0.2) is 20.1 Å². The molecule has 0 unspecified atom stereocenters. The quantitative estimate of drug-likeness (QED) is 0.747. The number of rotatable bonds is 1. The van der Waals surface area contributed by atoms with Crippen LogP contribution in [0.5, 0.6) is 0 Å². The Morgan fingerprint density at radius 1 is 1.40 bits per heavy atom. The van der Waals surface area contributed by atoms with E-state index < -0.39 is 8.27 Å². The molecule has 1 aromatic rings. The Bertz CT molecular complexity index is 327. The van der Waals surface area contributed by atoms with Crippen LogP contribution in [-0.2, 0) is 8.27 Å². The monoisotopic (exact) mass is 304 g/mol. The molecule has 0 aromatic carbocycles. The third kappa shape index (κ3) is 2.05. The van der Waals surface area contributed by atoms with Gasteiger partial charge in [-0.15, -0.1) is 11.3 Å². The van der Waals surface area contributed by atoms with Crippen molar-refractivity contribution in [2.75, 3.05) is 0 Å². The van der Waals surface area contributed by atoms with Gasteiger partial charge in [0.25, 0.3) is 0 Å². The third-order valence-electron chi connectivity index (χ3n) is 0.789. The summed E-state index contributed by atoms with van der Waals surface area (Å²) in [6, 6.07) is 3.23. The van der Waals surface area contributed by atoms with Gasteiger partial charge in [0, 0.05) is 0 Å². The van der Waals surface area contributed by atoms with Crippen LogP contribution >= 0.6 is 42.1 Å². The average Bonchev–Trinajstić information content (AvgIpc) is 2.11. The van der Waals surface area contributed by atoms with Crippen LogP contribution in [0.1, 0.15) is 0 Å². The molecule has 0 spiro atoms. The fourth-order valence-corrected chi connectivity index (χ4v) is 3.69. The first kappa shape index (κ1) is 8.70. The van der Waals surface area contributed by atoms with Crippen molar-refractivity contribution in [1.29, 1.82) is 0 Å². The van der Waals surface area contributed by atoms with Crippen molar-refractivity contribution < 1.29 is 8.42 Å². The van der Waals surface area contributed by atoms with Crippen LogP contribution < -0.4 is 0 Å². The minimum absolute atomic E-state index is 0.319. The molecular weight excluding hydrogens is 304 g/mol. The summed E-state index contributed by atoms with van der Waals surface area (Å²) >= 11 is 6.90. The molecule has 0 radical (unpaired) electrons. The molecule has 0 aliphatic rings. The zero-order chi connectivity index (χ0) is 7.78. The summed E-state index contributed by atoms with van der Waals surface area (Å²) in [6.07, 6.45) is 0. The van der Waals surface area contributed by atoms with Crippen LogP contribution in [0.3, 0.4) is 0 Å². The number of hydrogen-bond acceptors (Lipinski definition) is 3. The molecule has 0 saturated carbocycles. The van der Waals surface area contributed by atoms with Gasteiger partial charge in [0.2, 0.25) is 8.27 Å². The molecule has 6 heteroatoms. The average molecular weight is 306 g/mol. The minimum atomic E-state index is -3.18. The molecule has 0 bridgehead atoms. The van der Waals surface area contributed by atoms with E-state index in [9.17, 15) is 8.42 Å². The normalized spacial score (nSPS) is 11.8. The van der Waals surface area contributed by atoms with Crippen LogP contribution in [0, 0.1) is 0 Å². The van der Waals surface area contributed by atoms with Gasteiger partial charge in [-0.3, -0.25) is 0 Å². The van der Waals surface area contributed by atoms with E-state index in [1.165, 1.54) is 11.3 Å². The van der Waals surface area contributed by atoms with E-state index in [0.717, 1.165) is 3.79 Å². The van der Waals surface area contributed by atoms with Crippen molar-refractivity contribution in [2.24, 2.45) is 0 Å². The van der Waals surface area contributed by atoms with Crippen LogP contribution in [0.2, 0.25) is 0 Å². The predicted octanol–water partition coefficient (Wildman–Crippen LogP) is 2.59. The standard InChI is InChI=1S/C4H2Br2O2S2/c5-3-1-2-4(9-3)10(6,7)8/h1-2H.